The molecule has 0 aromatic heterocycles. The third kappa shape index (κ3) is 2.27. The molecule has 0 bridgehead atoms. The van der Waals surface area contributed by atoms with Crippen LogP contribution in [0.4, 0.5) is 0 Å². The number of aldehydes is 1. The zero-order valence-electron chi connectivity index (χ0n) is 8.23. The Hall–Kier alpha value is -0.450. The van der Waals surface area contributed by atoms with Crippen molar-refractivity contribution in [1.29, 1.82) is 0 Å². The van der Waals surface area contributed by atoms with E-state index < -0.39 is 6.10 Å². The number of hydrogen-bond donors (Lipinski definition) is 0. The highest BCUT2D eigenvalue weighted by atomic mass is 16.7. The van der Waals surface area contributed by atoms with Crippen molar-refractivity contribution < 1.29 is 19.0 Å². The van der Waals surface area contributed by atoms with E-state index in [4.69, 9.17) is 14.2 Å². The summed E-state index contributed by atoms with van der Waals surface area (Å²) in [5.41, 5.74) is 0. The topological polar surface area (TPSA) is 44.8 Å². The molecule has 4 unspecified atom stereocenters. The highest BCUT2D eigenvalue weighted by molar-refractivity contribution is 5.57. The summed E-state index contributed by atoms with van der Waals surface area (Å²) in [5, 5.41) is 0. The van der Waals surface area contributed by atoms with Gasteiger partial charge in [0.1, 0.15) is 6.10 Å². The van der Waals surface area contributed by atoms with Crippen molar-refractivity contribution in [2.24, 2.45) is 5.92 Å². The van der Waals surface area contributed by atoms with E-state index >= 15 is 0 Å². The Bertz CT molecular complexity index is 171. The van der Waals surface area contributed by atoms with Crippen molar-refractivity contribution in [2.75, 3.05) is 14.2 Å². The third-order valence-corrected chi connectivity index (χ3v) is 2.40. The molecule has 1 heterocycles. The van der Waals surface area contributed by atoms with Gasteiger partial charge in [-0.15, -0.1) is 0 Å². The minimum Gasteiger partial charge on any atom is -0.378 e. The van der Waals surface area contributed by atoms with Crippen LogP contribution in [0.15, 0.2) is 0 Å². The van der Waals surface area contributed by atoms with Gasteiger partial charge < -0.3 is 19.0 Å². The molecule has 0 aliphatic carbocycles. The van der Waals surface area contributed by atoms with Crippen LogP contribution in [0, 0.1) is 5.92 Å². The van der Waals surface area contributed by atoms with Gasteiger partial charge in [0, 0.05) is 20.1 Å². The van der Waals surface area contributed by atoms with E-state index in [0.29, 0.717) is 0 Å². The van der Waals surface area contributed by atoms with E-state index in [1.165, 1.54) is 0 Å². The number of methoxy groups -OCH3 is 2. The van der Waals surface area contributed by atoms with Gasteiger partial charge >= 0.3 is 0 Å². The quantitative estimate of drug-likeness (QED) is 0.608. The fraction of sp³-hybridized carbons (Fsp3) is 0.889. The molecule has 0 aromatic rings. The van der Waals surface area contributed by atoms with Crippen molar-refractivity contribution >= 4 is 6.29 Å². The van der Waals surface area contributed by atoms with Crippen LogP contribution in [0.3, 0.4) is 0 Å². The van der Waals surface area contributed by atoms with Crippen LogP contribution in [0.25, 0.3) is 0 Å². The molecule has 4 heteroatoms. The lowest BCUT2D eigenvalue weighted by atomic mass is 9.96. The van der Waals surface area contributed by atoms with Gasteiger partial charge in [0.05, 0.1) is 6.10 Å². The fourth-order valence-electron chi connectivity index (χ4n) is 1.63. The first-order valence-corrected chi connectivity index (χ1v) is 4.39. The molecule has 0 radical (unpaired) electrons. The normalized spacial score (nSPS) is 40.2. The maximum absolute atomic E-state index is 10.6. The Morgan fingerprint density at radius 2 is 2.08 bits per heavy atom. The van der Waals surface area contributed by atoms with Crippen molar-refractivity contribution in [1.82, 2.24) is 0 Å². The van der Waals surface area contributed by atoms with E-state index in [1.54, 1.807) is 14.2 Å². The van der Waals surface area contributed by atoms with Gasteiger partial charge in [0.15, 0.2) is 12.6 Å². The first-order chi connectivity index (χ1) is 6.22. The molecule has 0 amide bonds. The molecule has 0 spiro atoms. The van der Waals surface area contributed by atoms with Crippen LogP contribution in [-0.2, 0) is 19.0 Å². The van der Waals surface area contributed by atoms with E-state index in [0.717, 1.165) is 12.7 Å². The number of ether oxygens (including phenoxy) is 3. The highest BCUT2D eigenvalue weighted by Gasteiger charge is 2.35. The minimum atomic E-state index is -0.494. The van der Waals surface area contributed by atoms with Crippen LogP contribution in [-0.4, -0.2) is 39.0 Å². The van der Waals surface area contributed by atoms with E-state index in [2.05, 4.69) is 0 Å². The minimum absolute atomic E-state index is 0.140. The van der Waals surface area contributed by atoms with Crippen molar-refractivity contribution in [2.45, 2.75) is 31.8 Å². The maximum atomic E-state index is 10.6. The second-order valence-electron chi connectivity index (χ2n) is 3.33. The zero-order chi connectivity index (χ0) is 9.84. The van der Waals surface area contributed by atoms with Gasteiger partial charge in [0.2, 0.25) is 0 Å². The smallest absolute Gasteiger partial charge is 0.160 e. The molecule has 0 aromatic carbocycles. The van der Waals surface area contributed by atoms with Crippen LogP contribution in [0.1, 0.15) is 13.3 Å². The summed E-state index contributed by atoms with van der Waals surface area (Å²) in [7, 11) is 3.17. The van der Waals surface area contributed by atoms with Gasteiger partial charge in [0.25, 0.3) is 0 Å². The largest absolute Gasteiger partial charge is 0.378 e. The number of carbonyl (C=O) groups is 1. The lowest BCUT2D eigenvalue weighted by molar-refractivity contribution is -0.231. The SMILES string of the molecule is COC1CC(C)C(OC)OC1C=O. The molecule has 4 atom stereocenters. The van der Waals surface area contributed by atoms with Crippen LogP contribution in [0.2, 0.25) is 0 Å². The standard InChI is InChI=1S/C9H16O4/c1-6-4-7(11-2)8(5-10)13-9(6)12-3/h5-9H,4H2,1-3H3. The van der Waals surface area contributed by atoms with Gasteiger partial charge in [-0.05, 0) is 6.42 Å². The molecular formula is C9H16O4. The number of rotatable bonds is 3. The predicted octanol–water partition coefficient (Wildman–Crippen LogP) is 0.598. The van der Waals surface area contributed by atoms with E-state index in [-0.39, 0.29) is 18.3 Å². The van der Waals surface area contributed by atoms with Crippen molar-refractivity contribution in [3.63, 3.8) is 0 Å². The molecule has 76 valence electrons. The Balaban J connectivity index is 2.59. The molecule has 13 heavy (non-hydrogen) atoms. The summed E-state index contributed by atoms with van der Waals surface area (Å²) in [6, 6.07) is 0. The van der Waals surface area contributed by atoms with E-state index in [1.807, 2.05) is 6.92 Å². The monoisotopic (exact) mass is 188 g/mol. The summed E-state index contributed by atoms with van der Waals surface area (Å²) in [6.45, 7) is 2.02. The molecule has 1 aliphatic rings. The van der Waals surface area contributed by atoms with Crippen molar-refractivity contribution in [3.05, 3.63) is 0 Å². The van der Waals surface area contributed by atoms with Gasteiger partial charge in [-0.1, -0.05) is 6.92 Å². The van der Waals surface area contributed by atoms with Crippen LogP contribution < -0.4 is 0 Å². The second kappa shape index (κ2) is 4.69. The Morgan fingerprint density at radius 3 is 2.54 bits per heavy atom. The third-order valence-electron chi connectivity index (χ3n) is 2.40. The summed E-state index contributed by atoms with van der Waals surface area (Å²) < 4.78 is 15.6. The Labute approximate surface area is 78.2 Å². The van der Waals surface area contributed by atoms with Crippen molar-refractivity contribution in [3.8, 4) is 0 Å². The molecule has 1 rings (SSSR count). The summed E-state index contributed by atoms with van der Waals surface area (Å²) >= 11 is 0. The van der Waals surface area contributed by atoms with Gasteiger partial charge in [-0.2, -0.15) is 0 Å². The Morgan fingerprint density at radius 1 is 1.38 bits per heavy atom. The lowest BCUT2D eigenvalue weighted by Crippen LogP contribution is -2.45. The van der Waals surface area contributed by atoms with Gasteiger partial charge in [-0.3, -0.25) is 0 Å². The van der Waals surface area contributed by atoms with E-state index in [9.17, 15) is 4.79 Å². The maximum Gasteiger partial charge on any atom is 0.160 e. The zero-order valence-corrected chi connectivity index (χ0v) is 8.23. The molecule has 1 aliphatic heterocycles. The Kier molecular flexibility index (Phi) is 3.84. The molecule has 1 fully saturated rings. The highest BCUT2D eigenvalue weighted by Crippen LogP contribution is 2.26. The second-order valence-corrected chi connectivity index (χ2v) is 3.33. The number of hydrogen-bond acceptors (Lipinski definition) is 4. The number of carbonyl (C=O) groups excluding carboxylic acids is 1. The first-order valence-electron chi connectivity index (χ1n) is 4.39. The van der Waals surface area contributed by atoms with Gasteiger partial charge in [-0.25, -0.2) is 0 Å². The van der Waals surface area contributed by atoms with Crippen LogP contribution >= 0.6 is 0 Å². The lowest BCUT2D eigenvalue weighted by Gasteiger charge is -2.36. The average molecular weight is 188 g/mol. The first kappa shape index (κ1) is 10.6. The summed E-state index contributed by atoms with van der Waals surface area (Å²) in [4.78, 5) is 10.6. The molecule has 1 saturated heterocycles. The molecule has 0 saturated carbocycles. The predicted molar refractivity (Wildman–Crippen MR) is 46.3 cm³/mol. The fourth-order valence-corrected chi connectivity index (χ4v) is 1.63. The molecular weight excluding hydrogens is 172 g/mol. The molecule has 0 N–H and O–H groups in total. The summed E-state index contributed by atoms with van der Waals surface area (Å²) in [5.74, 6) is 0.256. The average Bonchev–Trinajstić information content (AvgIpc) is 2.17. The van der Waals surface area contributed by atoms with Crippen LogP contribution in [0.5, 0.6) is 0 Å². The molecule has 4 nitrogen and oxygen atoms in total. The summed E-state index contributed by atoms with van der Waals surface area (Å²) in [6.07, 6.45) is 0.636.